The van der Waals surface area contributed by atoms with E-state index in [1.807, 2.05) is 13.0 Å². The third kappa shape index (κ3) is 3.95. The molecule has 1 heterocycles. The van der Waals surface area contributed by atoms with E-state index in [0.29, 0.717) is 25.2 Å². The molecule has 0 bridgehead atoms. The van der Waals surface area contributed by atoms with Gasteiger partial charge >= 0.3 is 0 Å². The van der Waals surface area contributed by atoms with E-state index < -0.39 is 12.0 Å². The van der Waals surface area contributed by atoms with Crippen LogP contribution >= 0.6 is 0 Å². The zero-order chi connectivity index (χ0) is 17.3. The first-order valence-electron chi connectivity index (χ1n) is 8.98. The van der Waals surface area contributed by atoms with Gasteiger partial charge in [-0.25, -0.2) is 0 Å². The van der Waals surface area contributed by atoms with Gasteiger partial charge in [0.2, 0.25) is 0 Å². The van der Waals surface area contributed by atoms with Crippen LogP contribution in [0.5, 0.6) is 0 Å². The average molecular weight is 338 g/mol. The monoisotopic (exact) mass is 338 g/mol. The van der Waals surface area contributed by atoms with Crippen LogP contribution in [0.1, 0.15) is 50.8 Å². The molecule has 0 spiro atoms. The van der Waals surface area contributed by atoms with Gasteiger partial charge in [-0.05, 0) is 31.4 Å². The predicted octanol–water partition coefficient (Wildman–Crippen LogP) is 3.70. The number of alkyl halides is 2. The van der Waals surface area contributed by atoms with E-state index in [2.05, 4.69) is 24.1 Å². The summed E-state index contributed by atoms with van der Waals surface area (Å²) in [5, 5.41) is 3.36. The van der Waals surface area contributed by atoms with Crippen molar-refractivity contribution in [2.75, 3.05) is 19.7 Å². The van der Waals surface area contributed by atoms with Crippen LogP contribution in [0, 0.1) is 0 Å². The first-order chi connectivity index (χ1) is 11.4. The number of benzene rings is 1. The number of hydrogen-bond acceptors (Lipinski definition) is 3. The number of rotatable bonds is 6. The molecular formula is C19H28F2N2O. The highest BCUT2D eigenvalue weighted by molar-refractivity contribution is 5.30. The number of hydrogen-bond donors (Lipinski definition) is 1. The van der Waals surface area contributed by atoms with Gasteiger partial charge < -0.3 is 10.1 Å². The summed E-state index contributed by atoms with van der Waals surface area (Å²) in [5.74, 6) is -2.97. The Morgan fingerprint density at radius 2 is 2.00 bits per heavy atom. The van der Waals surface area contributed by atoms with Crippen LogP contribution in [0.4, 0.5) is 8.78 Å². The standard InChI is InChI=1S/C19H28F2N2O/c1-13(2)22-14(3)15-5-4-6-16(11-15)19(20,21)18-12-23(9-10-24-18)17-7-8-17/h4-6,11,13-14,17-18,22H,7-10,12H2,1-3H3/t14-,18?/m1/s1. The number of halogens is 2. The highest BCUT2D eigenvalue weighted by Gasteiger charge is 2.46. The second kappa shape index (κ2) is 7.06. The fraction of sp³-hybridized carbons (Fsp3) is 0.684. The van der Waals surface area contributed by atoms with Gasteiger partial charge in [0.15, 0.2) is 0 Å². The Hall–Kier alpha value is -1.04. The molecule has 0 aromatic heterocycles. The largest absolute Gasteiger partial charge is 0.369 e. The molecule has 1 aliphatic heterocycles. The van der Waals surface area contributed by atoms with Gasteiger partial charge in [0, 0.05) is 36.8 Å². The highest BCUT2D eigenvalue weighted by Crippen LogP contribution is 2.38. The summed E-state index contributed by atoms with van der Waals surface area (Å²) in [6.07, 6.45) is 1.20. The van der Waals surface area contributed by atoms with E-state index in [4.69, 9.17) is 4.74 Å². The summed E-state index contributed by atoms with van der Waals surface area (Å²) in [6, 6.07) is 7.60. The molecule has 0 radical (unpaired) electrons. The molecule has 134 valence electrons. The van der Waals surface area contributed by atoms with Gasteiger partial charge in [0.1, 0.15) is 6.10 Å². The van der Waals surface area contributed by atoms with Crippen molar-refractivity contribution in [2.24, 2.45) is 0 Å². The topological polar surface area (TPSA) is 24.5 Å². The summed E-state index contributed by atoms with van der Waals surface area (Å²) in [4.78, 5) is 2.16. The van der Waals surface area contributed by atoms with Crippen molar-refractivity contribution in [1.29, 1.82) is 0 Å². The summed E-state index contributed by atoms with van der Waals surface area (Å²) >= 11 is 0. The number of nitrogens with zero attached hydrogens (tertiary/aromatic N) is 1. The maximum absolute atomic E-state index is 15.0. The number of nitrogens with one attached hydrogen (secondary N) is 1. The average Bonchev–Trinajstić information content (AvgIpc) is 3.39. The van der Waals surface area contributed by atoms with E-state index in [9.17, 15) is 0 Å². The summed E-state index contributed by atoms with van der Waals surface area (Å²) in [7, 11) is 0. The summed E-state index contributed by atoms with van der Waals surface area (Å²) < 4.78 is 35.5. The molecule has 1 saturated heterocycles. The Morgan fingerprint density at radius 1 is 1.25 bits per heavy atom. The van der Waals surface area contributed by atoms with Gasteiger partial charge in [-0.2, -0.15) is 8.78 Å². The fourth-order valence-corrected chi connectivity index (χ4v) is 3.46. The molecule has 5 heteroatoms. The van der Waals surface area contributed by atoms with Crippen molar-refractivity contribution in [3.8, 4) is 0 Å². The SMILES string of the molecule is CC(C)N[C@H](C)c1cccc(C(F)(F)C2CN(C3CC3)CCO2)c1. The van der Waals surface area contributed by atoms with E-state index in [1.54, 1.807) is 12.1 Å². The van der Waals surface area contributed by atoms with Crippen LogP contribution in [-0.2, 0) is 10.7 Å². The van der Waals surface area contributed by atoms with E-state index >= 15 is 8.78 Å². The molecule has 1 unspecified atom stereocenters. The minimum atomic E-state index is -2.97. The van der Waals surface area contributed by atoms with Gasteiger partial charge in [-0.15, -0.1) is 0 Å². The van der Waals surface area contributed by atoms with Crippen LogP contribution < -0.4 is 5.32 Å². The molecule has 2 fully saturated rings. The maximum atomic E-state index is 15.0. The molecule has 24 heavy (non-hydrogen) atoms. The van der Waals surface area contributed by atoms with E-state index in [0.717, 1.165) is 24.9 Å². The van der Waals surface area contributed by atoms with Gasteiger partial charge in [-0.1, -0.05) is 32.0 Å². The van der Waals surface area contributed by atoms with E-state index in [1.165, 1.54) is 6.07 Å². The minimum Gasteiger partial charge on any atom is -0.369 e. The van der Waals surface area contributed by atoms with E-state index in [-0.39, 0.29) is 11.6 Å². The summed E-state index contributed by atoms with van der Waals surface area (Å²) in [5.41, 5.74) is 0.941. The Bertz CT molecular complexity index is 560. The molecule has 1 N–H and O–H groups in total. The Morgan fingerprint density at radius 3 is 2.67 bits per heavy atom. The van der Waals surface area contributed by atoms with Crippen molar-refractivity contribution in [1.82, 2.24) is 10.2 Å². The third-order valence-corrected chi connectivity index (χ3v) is 4.92. The molecule has 0 amide bonds. The lowest BCUT2D eigenvalue weighted by molar-refractivity contribution is -0.173. The lowest BCUT2D eigenvalue weighted by Gasteiger charge is -2.37. The minimum absolute atomic E-state index is 0.0380. The Balaban J connectivity index is 1.75. The molecule has 1 aromatic carbocycles. The van der Waals surface area contributed by atoms with Gasteiger partial charge in [0.25, 0.3) is 5.92 Å². The van der Waals surface area contributed by atoms with Crippen LogP contribution in [0.25, 0.3) is 0 Å². The molecular weight excluding hydrogens is 310 g/mol. The van der Waals surface area contributed by atoms with Crippen LogP contribution in [-0.4, -0.2) is 42.8 Å². The molecule has 1 saturated carbocycles. The Labute approximate surface area is 143 Å². The first kappa shape index (κ1) is 17.8. The molecule has 2 aliphatic rings. The third-order valence-electron chi connectivity index (χ3n) is 4.92. The van der Waals surface area contributed by atoms with Crippen LogP contribution in [0.3, 0.4) is 0 Å². The molecule has 3 rings (SSSR count). The maximum Gasteiger partial charge on any atom is 0.300 e. The summed E-state index contributed by atoms with van der Waals surface area (Å²) in [6.45, 7) is 7.59. The predicted molar refractivity (Wildman–Crippen MR) is 91.4 cm³/mol. The smallest absolute Gasteiger partial charge is 0.300 e. The quantitative estimate of drug-likeness (QED) is 0.856. The lowest BCUT2D eigenvalue weighted by atomic mass is 9.97. The molecule has 2 atom stereocenters. The number of morpholine rings is 1. The Kier molecular flexibility index (Phi) is 5.23. The second-order valence-electron chi connectivity index (χ2n) is 7.38. The first-order valence-corrected chi connectivity index (χ1v) is 8.98. The van der Waals surface area contributed by atoms with Crippen molar-refractivity contribution >= 4 is 0 Å². The zero-order valence-electron chi connectivity index (χ0n) is 14.8. The van der Waals surface area contributed by atoms with Gasteiger partial charge in [0.05, 0.1) is 6.61 Å². The molecule has 1 aromatic rings. The highest BCUT2D eigenvalue weighted by atomic mass is 19.3. The normalized spacial score (nSPS) is 24.3. The van der Waals surface area contributed by atoms with Gasteiger partial charge in [-0.3, -0.25) is 4.90 Å². The second-order valence-corrected chi connectivity index (χ2v) is 7.38. The lowest BCUT2D eigenvalue weighted by Crippen LogP contribution is -2.50. The van der Waals surface area contributed by atoms with Crippen molar-refractivity contribution in [2.45, 2.75) is 63.8 Å². The van der Waals surface area contributed by atoms with Crippen molar-refractivity contribution in [3.63, 3.8) is 0 Å². The molecule has 3 nitrogen and oxygen atoms in total. The van der Waals surface area contributed by atoms with Crippen molar-refractivity contribution in [3.05, 3.63) is 35.4 Å². The molecule has 1 aliphatic carbocycles. The van der Waals surface area contributed by atoms with Crippen molar-refractivity contribution < 1.29 is 13.5 Å². The fourth-order valence-electron chi connectivity index (χ4n) is 3.46. The number of ether oxygens (including phenoxy) is 1. The van der Waals surface area contributed by atoms with Crippen LogP contribution in [0.15, 0.2) is 24.3 Å². The zero-order valence-corrected chi connectivity index (χ0v) is 14.8. The van der Waals surface area contributed by atoms with Crippen LogP contribution in [0.2, 0.25) is 0 Å².